The lowest BCUT2D eigenvalue weighted by molar-refractivity contribution is 0.0985. The van der Waals surface area contributed by atoms with Crippen molar-refractivity contribution < 1.29 is 9.90 Å². The number of nitrogens with zero attached hydrogens (tertiary/aromatic N) is 2. The third-order valence-electron chi connectivity index (χ3n) is 2.95. The second kappa shape index (κ2) is 6.91. The zero-order valence-corrected chi connectivity index (χ0v) is 12.7. The van der Waals surface area contributed by atoms with Gasteiger partial charge in [0.25, 0.3) is 5.91 Å². The molecule has 0 aromatic heterocycles. The van der Waals surface area contributed by atoms with Crippen molar-refractivity contribution in [2.45, 2.75) is 6.42 Å². The van der Waals surface area contributed by atoms with Crippen LogP contribution in [-0.4, -0.2) is 17.6 Å². The van der Waals surface area contributed by atoms with Crippen LogP contribution in [0.2, 0.25) is 0 Å². The summed E-state index contributed by atoms with van der Waals surface area (Å²) in [5.41, 5.74) is 0.903. The lowest BCUT2D eigenvalue weighted by atomic mass is 10.1. The van der Waals surface area contributed by atoms with Gasteiger partial charge in [0.15, 0.2) is 0 Å². The first-order chi connectivity index (χ1) is 10.1. The molecule has 0 aliphatic heterocycles. The predicted molar refractivity (Wildman–Crippen MR) is 84.2 cm³/mol. The Kier molecular flexibility index (Phi) is 4.96. The molecular weight excluding hydrogens is 332 g/mol. The molecule has 0 spiro atoms. The largest absolute Gasteiger partial charge is 0.507 e. The van der Waals surface area contributed by atoms with Crippen LogP contribution in [0.15, 0.2) is 53.0 Å². The van der Waals surface area contributed by atoms with Gasteiger partial charge >= 0.3 is 0 Å². The molecule has 0 atom stereocenters. The van der Waals surface area contributed by atoms with E-state index in [2.05, 4.69) is 15.9 Å². The van der Waals surface area contributed by atoms with Gasteiger partial charge in [0.05, 0.1) is 18.1 Å². The van der Waals surface area contributed by atoms with Crippen LogP contribution in [0.3, 0.4) is 0 Å². The number of benzene rings is 2. The minimum absolute atomic E-state index is 0.0905. The van der Waals surface area contributed by atoms with Crippen LogP contribution in [0.5, 0.6) is 5.75 Å². The maximum absolute atomic E-state index is 12.6. The Hall–Kier alpha value is -2.32. The molecular formula is C16H13BrN2O2. The normalized spacial score (nSPS) is 9.90. The minimum Gasteiger partial charge on any atom is -0.507 e. The SMILES string of the molecule is N#CCCN(C(=O)c1ccc(Br)cc1O)c1ccccc1. The van der Waals surface area contributed by atoms with Crippen LogP contribution in [-0.2, 0) is 0 Å². The summed E-state index contributed by atoms with van der Waals surface area (Å²) in [5.74, 6) is -0.422. The topological polar surface area (TPSA) is 64.3 Å². The average molecular weight is 345 g/mol. The highest BCUT2D eigenvalue weighted by atomic mass is 79.9. The highest BCUT2D eigenvalue weighted by molar-refractivity contribution is 9.10. The zero-order chi connectivity index (χ0) is 15.2. The molecule has 1 amide bonds. The van der Waals surface area contributed by atoms with Crippen LogP contribution >= 0.6 is 15.9 Å². The molecule has 2 rings (SSSR count). The number of phenols is 1. The summed E-state index contributed by atoms with van der Waals surface area (Å²) < 4.78 is 0.694. The Bertz CT molecular complexity index is 680. The molecule has 0 fully saturated rings. The molecule has 0 aliphatic carbocycles. The van der Waals surface area contributed by atoms with E-state index in [1.165, 1.54) is 11.0 Å². The lowest BCUT2D eigenvalue weighted by Crippen LogP contribution is -2.31. The van der Waals surface area contributed by atoms with Crippen molar-refractivity contribution in [3.63, 3.8) is 0 Å². The first kappa shape index (κ1) is 15.1. The first-order valence-corrected chi connectivity index (χ1v) is 7.15. The van der Waals surface area contributed by atoms with Crippen LogP contribution < -0.4 is 4.90 Å². The summed E-state index contributed by atoms with van der Waals surface area (Å²) in [6.07, 6.45) is 0.220. The number of carbonyl (C=O) groups is 1. The van der Waals surface area contributed by atoms with E-state index < -0.39 is 0 Å². The number of carbonyl (C=O) groups excluding carboxylic acids is 1. The quantitative estimate of drug-likeness (QED) is 0.919. The summed E-state index contributed by atoms with van der Waals surface area (Å²) in [6, 6.07) is 15.9. The minimum atomic E-state index is -0.332. The van der Waals surface area contributed by atoms with E-state index in [9.17, 15) is 9.90 Å². The third-order valence-corrected chi connectivity index (χ3v) is 3.44. The molecule has 0 radical (unpaired) electrons. The molecule has 1 N–H and O–H groups in total. The molecule has 0 unspecified atom stereocenters. The van der Waals surface area contributed by atoms with Crippen molar-refractivity contribution in [1.82, 2.24) is 0 Å². The predicted octanol–water partition coefficient (Wildman–Crippen LogP) is 3.72. The molecule has 2 aromatic rings. The summed E-state index contributed by atoms with van der Waals surface area (Å²) in [5, 5.41) is 18.7. The van der Waals surface area contributed by atoms with Gasteiger partial charge < -0.3 is 10.0 Å². The van der Waals surface area contributed by atoms with Gasteiger partial charge in [-0.1, -0.05) is 34.1 Å². The van der Waals surface area contributed by atoms with Crippen LogP contribution in [0.1, 0.15) is 16.8 Å². The standard InChI is InChI=1S/C16H13BrN2O2/c17-12-7-8-14(15(20)11-12)16(21)19(10-4-9-18)13-5-2-1-3-6-13/h1-3,5-8,11,20H,4,10H2. The molecule has 2 aromatic carbocycles. The van der Waals surface area contributed by atoms with Gasteiger partial charge in [0.2, 0.25) is 0 Å². The molecule has 5 heteroatoms. The van der Waals surface area contributed by atoms with E-state index in [0.717, 1.165) is 0 Å². The Labute approximate surface area is 131 Å². The van der Waals surface area contributed by atoms with E-state index in [-0.39, 0.29) is 30.2 Å². The lowest BCUT2D eigenvalue weighted by Gasteiger charge is -2.22. The van der Waals surface area contributed by atoms with Gasteiger partial charge in [-0.3, -0.25) is 4.79 Å². The Balaban J connectivity index is 2.37. The third kappa shape index (κ3) is 3.61. The van der Waals surface area contributed by atoms with E-state index in [1.54, 1.807) is 24.3 Å². The molecule has 4 nitrogen and oxygen atoms in total. The number of halogens is 1. The molecule has 0 heterocycles. The number of hydrogen-bond donors (Lipinski definition) is 1. The molecule has 0 saturated carbocycles. The Morgan fingerprint density at radius 2 is 1.95 bits per heavy atom. The molecule has 0 saturated heterocycles. The van der Waals surface area contributed by atoms with Gasteiger partial charge in [0.1, 0.15) is 5.75 Å². The Morgan fingerprint density at radius 1 is 1.24 bits per heavy atom. The fourth-order valence-electron chi connectivity index (χ4n) is 1.95. The van der Waals surface area contributed by atoms with Crippen LogP contribution in [0, 0.1) is 11.3 Å². The summed E-state index contributed by atoms with van der Waals surface area (Å²) in [6.45, 7) is 0.273. The number of rotatable bonds is 4. The first-order valence-electron chi connectivity index (χ1n) is 6.36. The Morgan fingerprint density at radius 3 is 2.57 bits per heavy atom. The van der Waals surface area contributed by atoms with Gasteiger partial charge in [-0.2, -0.15) is 5.26 Å². The van der Waals surface area contributed by atoms with E-state index >= 15 is 0 Å². The number of aromatic hydroxyl groups is 1. The van der Waals surface area contributed by atoms with Crippen molar-refractivity contribution in [2.75, 3.05) is 11.4 Å². The highest BCUT2D eigenvalue weighted by Crippen LogP contribution is 2.25. The summed E-state index contributed by atoms with van der Waals surface area (Å²) in [7, 11) is 0. The average Bonchev–Trinajstić information content (AvgIpc) is 2.48. The fourth-order valence-corrected chi connectivity index (χ4v) is 2.30. The number of amides is 1. The molecule has 106 valence electrons. The number of para-hydroxylation sites is 1. The highest BCUT2D eigenvalue weighted by Gasteiger charge is 2.20. The van der Waals surface area contributed by atoms with Crippen molar-refractivity contribution in [2.24, 2.45) is 0 Å². The van der Waals surface area contributed by atoms with Crippen LogP contribution in [0.4, 0.5) is 5.69 Å². The summed E-state index contributed by atoms with van der Waals surface area (Å²) in [4.78, 5) is 14.1. The molecule has 0 aliphatic rings. The zero-order valence-electron chi connectivity index (χ0n) is 11.2. The maximum atomic E-state index is 12.6. The van der Waals surface area contributed by atoms with E-state index in [4.69, 9.17) is 5.26 Å². The van der Waals surface area contributed by atoms with Gasteiger partial charge in [-0.15, -0.1) is 0 Å². The number of nitriles is 1. The van der Waals surface area contributed by atoms with Crippen molar-refractivity contribution in [1.29, 1.82) is 5.26 Å². The maximum Gasteiger partial charge on any atom is 0.262 e. The van der Waals surface area contributed by atoms with E-state index in [0.29, 0.717) is 10.2 Å². The number of anilines is 1. The number of hydrogen-bond acceptors (Lipinski definition) is 3. The monoisotopic (exact) mass is 344 g/mol. The molecule has 0 bridgehead atoms. The second-order valence-corrected chi connectivity index (χ2v) is 5.28. The van der Waals surface area contributed by atoms with Gasteiger partial charge in [0, 0.05) is 16.7 Å². The smallest absolute Gasteiger partial charge is 0.262 e. The van der Waals surface area contributed by atoms with Crippen molar-refractivity contribution in [3.8, 4) is 11.8 Å². The van der Waals surface area contributed by atoms with Gasteiger partial charge in [-0.25, -0.2) is 0 Å². The fraction of sp³-hybridized carbons (Fsp3) is 0.125. The molecule has 21 heavy (non-hydrogen) atoms. The number of phenolic OH excluding ortho intramolecular Hbond substituents is 1. The van der Waals surface area contributed by atoms with Crippen molar-refractivity contribution >= 4 is 27.5 Å². The summed E-state index contributed by atoms with van der Waals surface area (Å²) >= 11 is 3.24. The van der Waals surface area contributed by atoms with Crippen LogP contribution in [0.25, 0.3) is 0 Å². The van der Waals surface area contributed by atoms with Crippen molar-refractivity contribution in [3.05, 3.63) is 58.6 Å². The second-order valence-electron chi connectivity index (χ2n) is 4.36. The van der Waals surface area contributed by atoms with E-state index in [1.807, 2.05) is 24.3 Å². The van der Waals surface area contributed by atoms with Gasteiger partial charge in [-0.05, 0) is 30.3 Å².